The van der Waals surface area contributed by atoms with E-state index in [-0.39, 0.29) is 35.1 Å². The Kier molecular flexibility index (Phi) is 8.32. The number of aromatic nitrogens is 3. The number of nitrogens with zero attached hydrogens (tertiary/aromatic N) is 3. The highest BCUT2D eigenvalue weighted by atomic mass is 19.1. The Bertz CT molecular complexity index is 1020. The van der Waals surface area contributed by atoms with Crippen molar-refractivity contribution in [1.82, 2.24) is 19.7 Å². The van der Waals surface area contributed by atoms with Crippen molar-refractivity contribution in [2.75, 3.05) is 0 Å². The Morgan fingerprint density at radius 1 is 1.21 bits per heavy atom. The quantitative estimate of drug-likeness (QED) is 0.596. The fraction of sp³-hybridized carbons (Fsp3) is 0.640. The van der Waals surface area contributed by atoms with Gasteiger partial charge in [0, 0.05) is 25.6 Å². The number of amides is 1. The fourth-order valence-electron chi connectivity index (χ4n) is 4.58. The summed E-state index contributed by atoms with van der Waals surface area (Å²) in [6.07, 6.45) is 7.68. The van der Waals surface area contributed by atoms with Crippen molar-refractivity contribution in [2.45, 2.75) is 91.2 Å². The minimum atomic E-state index is -0.690. The predicted octanol–water partition coefficient (Wildman–Crippen LogP) is 4.54. The topological polar surface area (TPSA) is 78.2 Å². The first-order chi connectivity index (χ1) is 15.8. The van der Waals surface area contributed by atoms with Crippen molar-refractivity contribution in [3.05, 3.63) is 39.8 Å². The number of aryl methyl sites for hydroxylation is 1. The molecule has 0 aliphatic heterocycles. The van der Waals surface area contributed by atoms with Crippen molar-refractivity contribution in [1.29, 1.82) is 0 Å². The van der Waals surface area contributed by atoms with Crippen LogP contribution in [0.25, 0.3) is 5.69 Å². The molecule has 33 heavy (non-hydrogen) atoms. The number of hydrogen-bond donors (Lipinski definition) is 1. The first kappa shape index (κ1) is 25.0. The third kappa shape index (κ3) is 5.47. The van der Waals surface area contributed by atoms with Gasteiger partial charge in [-0.25, -0.2) is 9.18 Å². The first-order valence-electron chi connectivity index (χ1n) is 12.3. The number of nitrogens with one attached hydrogen (secondary N) is 1. The molecule has 1 heterocycles. The zero-order valence-corrected chi connectivity index (χ0v) is 20.5. The molecule has 1 N–H and O–H groups in total. The predicted molar refractivity (Wildman–Crippen MR) is 127 cm³/mol. The molecule has 1 aliphatic rings. The lowest BCUT2D eigenvalue weighted by molar-refractivity contribution is 0.0914. The Labute approximate surface area is 195 Å². The highest BCUT2D eigenvalue weighted by molar-refractivity contribution is 5.97. The van der Waals surface area contributed by atoms with Gasteiger partial charge in [-0.15, -0.1) is 5.10 Å². The molecule has 0 spiro atoms. The summed E-state index contributed by atoms with van der Waals surface area (Å²) >= 11 is 0. The molecular formula is C25H37FN4O3. The average Bonchev–Trinajstić information content (AvgIpc) is 3.12. The Morgan fingerprint density at radius 3 is 2.45 bits per heavy atom. The van der Waals surface area contributed by atoms with Crippen LogP contribution in [0.2, 0.25) is 0 Å². The molecule has 0 bridgehead atoms. The summed E-state index contributed by atoms with van der Waals surface area (Å²) in [6.45, 7) is 7.89. The van der Waals surface area contributed by atoms with Crippen molar-refractivity contribution < 1.29 is 13.9 Å². The van der Waals surface area contributed by atoms with E-state index in [1.807, 2.05) is 27.7 Å². The molecule has 1 aliphatic carbocycles. The summed E-state index contributed by atoms with van der Waals surface area (Å²) in [5.74, 6) is 0.149. The van der Waals surface area contributed by atoms with Crippen LogP contribution in [-0.2, 0) is 13.5 Å². The smallest absolute Gasteiger partial charge is 0.350 e. The second-order valence-corrected chi connectivity index (χ2v) is 9.03. The second-order valence-electron chi connectivity index (χ2n) is 9.03. The lowest BCUT2D eigenvalue weighted by Crippen LogP contribution is -2.35. The van der Waals surface area contributed by atoms with Crippen LogP contribution in [0.1, 0.15) is 88.8 Å². The van der Waals surface area contributed by atoms with Crippen LogP contribution in [0.3, 0.4) is 0 Å². The molecule has 0 radical (unpaired) electrons. The standard InChI is InChI=1S/C25H37FN4O3/c1-6-18(7-2)27-24(31)19-14-20(26)21(30-25(32)29(5)23(8-3)28-30)15-22(19)33-16(4)17-12-10-9-11-13-17/h14-18H,6-13H2,1-5H3,(H,27,31). The summed E-state index contributed by atoms with van der Waals surface area (Å²) in [5, 5.41) is 7.26. The van der Waals surface area contributed by atoms with Crippen LogP contribution in [0, 0.1) is 11.7 Å². The van der Waals surface area contributed by atoms with E-state index < -0.39 is 11.5 Å². The van der Waals surface area contributed by atoms with E-state index in [0.717, 1.165) is 43.2 Å². The summed E-state index contributed by atoms with van der Waals surface area (Å²) in [7, 11) is 1.61. The SMILES string of the molecule is CCc1nn(-c2cc(OC(C)C3CCCCC3)c(C(=O)NC(CC)CC)cc2F)c(=O)n1C. The molecule has 1 amide bonds. The molecule has 1 fully saturated rings. The van der Waals surface area contributed by atoms with E-state index in [4.69, 9.17) is 4.74 Å². The maximum absolute atomic E-state index is 15.2. The van der Waals surface area contributed by atoms with E-state index >= 15 is 4.39 Å². The number of halogens is 1. The van der Waals surface area contributed by atoms with Gasteiger partial charge in [-0.05, 0) is 44.6 Å². The number of carbonyl (C=O) groups is 1. The molecule has 0 saturated heterocycles. The van der Waals surface area contributed by atoms with Crippen LogP contribution < -0.4 is 15.7 Å². The van der Waals surface area contributed by atoms with Gasteiger partial charge >= 0.3 is 5.69 Å². The van der Waals surface area contributed by atoms with Gasteiger partial charge in [-0.3, -0.25) is 9.36 Å². The Hall–Kier alpha value is -2.64. The second kappa shape index (κ2) is 11.0. The summed E-state index contributed by atoms with van der Waals surface area (Å²) < 4.78 is 24.0. The number of carbonyl (C=O) groups excluding carboxylic acids is 1. The third-order valence-corrected chi connectivity index (χ3v) is 6.86. The van der Waals surface area contributed by atoms with Gasteiger partial charge in [-0.2, -0.15) is 4.68 Å². The molecule has 8 heteroatoms. The third-order valence-electron chi connectivity index (χ3n) is 6.86. The lowest BCUT2D eigenvalue weighted by atomic mass is 9.86. The molecule has 1 saturated carbocycles. The van der Waals surface area contributed by atoms with E-state index in [0.29, 0.717) is 18.2 Å². The van der Waals surface area contributed by atoms with Gasteiger partial charge in [0.2, 0.25) is 0 Å². The highest BCUT2D eigenvalue weighted by Crippen LogP contribution is 2.32. The van der Waals surface area contributed by atoms with Gasteiger partial charge in [-0.1, -0.05) is 40.0 Å². The molecule has 1 aromatic carbocycles. The molecule has 7 nitrogen and oxygen atoms in total. The number of ether oxygens (including phenoxy) is 1. The van der Waals surface area contributed by atoms with E-state index in [9.17, 15) is 9.59 Å². The van der Waals surface area contributed by atoms with E-state index in [1.165, 1.54) is 23.1 Å². The summed E-state index contributed by atoms with van der Waals surface area (Å²) in [6, 6.07) is 2.61. The minimum absolute atomic E-state index is 0.00521. The number of benzene rings is 1. The monoisotopic (exact) mass is 460 g/mol. The number of hydrogen-bond acceptors (Lipinski definition) is 4. The van der Waals surface area contributed by atoms with Gasteiger partial charge < -0.3 is 10.1 Å². The van der Waals surface area contributed by atoms with Crippen molar-refractivity contribution >= 4 is 5.91 Å². The number of rotatable bonds is 9. The van der Waals surface area contributed by atoms with Gasteiger partial charge in [0.1, 0.15) is 23.1 Å². The largest absolute Gasteiger partial charge is 0.490 e. The van der Waals surface area contributed by atoms with Crippen LogP contribution in [0.15, 0.2) is 16.9 Å². The van der Waals surface area contributed by atoms with Crippen LogP contribution in [-0.4, -0.2) is 32.4 Å². The minimum Gasteiger partial charge on any atom is -0.490 e. The van der Waals surface area contributed by atoms with Crippen LogP contribution in [0.4, 0.5) is 4.39 Å². The molecule has 1 atom stereocenters. The summed E-state index contributed by atoms with van der Waals surface area (Å²) in [4.78, 5) is 25.8. The molecule has 3 rings (SSSR count). The van der Waals surface area contributed by atoms with Gasteiger partial charge in [0.25, 0.3) is 5.91 Å². The van der Waals surface area contributed by atoms with E-state index in [1.54, 1.807) is 7.05 Å². The summed E-state index contributed by atoms with van der Waals surface area (Å²) in [5.41, 5.74) is -0.308. The molecule has 182 valence electrons. The maximum Gasteiger partial charge on any atom is 0.350 e. The maximum atomic E-state index is 15.2. The van der Waals surface area contributed by atoms with Crippen LogP contribution in [0.5, 0.6) is 5.75 Å². The van der Waals surface area contributed by atoms with Gasteiger partial charge in [0.05, 0.1) is 11.7 Å². The zero-order valence-electron chi connectivity index (χ0n) is 20.5. The zero-order chi connectivity index (χ0) is 24.1. The first-order valence-corrected chi connectivity index (χ1v) is 12.3. The molecule has 1 unspecified atom stereocenters. The van der Waals surface area contributed by atoms with Crippen molar-refractivity contribution in [3.8, 4) is 11.4 Å². The van der Waals surface area contributed by atoms with Gasteiger partial charge in [0.15, 0.2) is 0 Å². The molecule has 2 aromatic rings. The molecule has 1 aromatic heterocycles. The highest BCUT2D eigenvalue weighted by Gasteiger charge is 2.26. The molecular weight excluding hydrogens is 423 g/mol. The Morgan fingerprint density at radius 2 is 1.88 bits per heavy atom. The average molecular weight is 461 g/mol. The lowest BCUT2D eigenvalue weighted by Gasteiger charge is -2.29. The Balaban J connectivity index is 2.04. The normalized spacial score (nSPS) is 15.6. The van der Waals surface area contributed by atoms with E-state index in [2.05, 4.69) is 10.4 Å². The van der Waals surface area contributed by atoms with Crippen molar-refractivity contribution in [2.24, 2.45) is 13.0 Å². The van der Waals surface area contributed by atoms with Crippen LogP contribution >= 0.6 is 0 Å². The van der Waals surface area contributed by atoms with Crippen molar-refractivity contribution in [3.63, 3.8) is 0 Å². The fourth-order valence-corrected chi connectivity index (χ4v) is 4.58.